The van der Waals surface area contributed by atoms with Gasteiger partial charge in [-0.25, -0.2) is 4.79 Å². The molecule has 118 valence electrons. The SMILES string of the molecule is COc1ccc2c(CNc3ccc(Br)cc3C)cc(=O)oc2c1. The Kier molecular flexibility index (Phi) is 4.39. The Labute approximate surface area is 142 Å². The Morgan fingerprint density at radius 2 is 2.00 bits per heavy atom. The molecule has 1 N–H and O–H groups in total. The molecule has 0 aliphatic carbocycles. The number of anilines is 1. The first-order valence-corrected chi connectivity index (χ1v) is 7.97. The van der Waals surface area contributed by atoms with Crippen molar-refractivity contribution in [3.63, 3.8) is 0 Å². The van der Waals surface area contributed by atoms with E-state index < -0.39 is 0 Å². The van der Waals surface area contributed by atoms with Crippen molar-refractivity contribution < 1.29 is 9.15 Å². The average Bonchev–Trinajstić information content (AvgIpc) is 2.53. The highest BCUT2D eigenvalue weighted by Gasteiger charge is 2.08. The Morgan fingerprint density at radius 1 is 1.17 bits per heavy atom. The molecular formula is C18H16BrNO3. The van der Waals surface area contributed by atoms with Gasteiger partial charge in [0.2, 0.25) is 0 Å². The lowest BCUT2D eigenvalue weighted by atomic mass is 10.1. The Hall–Kier alpha value is -2.27. The van der Waals surface area contributed by atoms with Gasteiger partial charge < -0.3 is 14.5 Å². The summed E-state index contributed by atoms with van der Waals surface area (Å²) in [6.45, 7) is 2.58. The van der Waals surface area contributed by atoms with Gasteiger partial charge in [0.25, 0.3) is 0 Å². The highest BCUT2D eigenvalue weighted by atomic mass is 79.9. The summed E-state index contributed by atoms with van der Waals surface area (Å²) in [5.41, 5.74) is 3.22. The Balaban J connectivity index is 1.94. The van der Waals surface area contributed by atoms with E-state index in [0.29, 0.717) is 17.9 Å². The van der Waals surface area contributed by atoms with E-state index in [1.54, 1.807) is 13.2 Å². The van der Waals surface area contributed by atoms with Crippen LogP contribution in [0.2, 0.25) is 0 Å². The maximum atomic E-state index is 11.8. The molecule has 1 heterocycles. The maximum absolute atomic E-state index is 11.8. The van der Waals surface area contributed by atoms with Crippen LogP contribution in [-0.4, -0.2) is 7.11 Å². The van der Waals surface area contributed by atoms with Crippen LogP contribution in [0.3, 0.4) is 0 Å². The zero-order valence-corrected chi connectivity index (χ0v) is 14.4. The summed E-state index contributed by atoms with van der Waals surface area (Å²) >= 11 is 3.45. The minimum atomic E-state index is -0.366. The van der Waals surface area contributed by atoms with Crippen molar-refractivity contribution in [1.29, 1.82) is 0 Å². The van der Waals surface area contributed by atoms with Crippen LogP contribution < -0.4 is 15.7 Å². The first-order valence-electron chi connectivity index (χ1n) is 7.17. The fourth-order valence-electron chi connectivity index (χ4n) is 2.50. The van der Waals surface area contributed by atoms with Gasteiger partial charge in [0, 0.05) is 34.2 Å². The van der Waals surface area contributed by atoms with Crippen molar-refractivity contribution in [1.82, 2.24) is 0 Å². The standard InChI is InChI=1S/C18H16BrNO3/c1-11-7-13(19)3-6-16(11)20-10-12-8-18(21)23-17-9-14(22-2)4-5-15(12)17/h3-9,20H,10H2,1-2H3. The zero-order valence-electron chi connectivity index (χ0n) is 12.9. The molecule has 0 fully saturated rings. The summed E-state index contributed by atoms with van der Waals surface area (Å²) in [4.78, 5) is 11.8. The largest absolute Gasteiger partial charge is 0.497 e. The molecule has 0 radical (unpaired) electrons. The molecule has 0 spiro atoms. The van der Waals surface area contributed by atoms with Gasteiger partial charge in [-0.1, -0.05) is 15.9 Å². The van der Waals surface area contributed by atoms with Crippen LogP contribution >= 0.6 is 15.9 Å². The molecule has 0 amide bonds. The van der Waals surface area contributed by atoms with Gasteiger partial charge in [0.1, 0.15) is 11.3 Å². The third-order valence-electron chi connectivity index (χ3n) is 3.70. The van der Waals surface area contributed by atoms with Gasteiger partial charge >= 0.3 is 5.63 Å². The number of aryl methyl sites for hydroxylation is 1. The lowest BCUT2D eigenvalue weighted by Gasteiger charge is -2.11. The van der Waals surface area contributed by atoms with Gasteiger partial charge in [-0.2, -0.15) is 0 Å². The molecule has 3 aromatic rings. The van der Waals surface area contributed by atoms with Crippen LogP contribution in [0, 0.1) is 6.92 Å². The van der Waals surface area contributed by atoms with Gasteiger partial charge in [0.15, 0.2) is 0 Å². The summed E-state index contributed by atoms with van der Waals surface area (Å²) in [6, 6.07) is 13.1. The predicted octanol–water partition coefficient (Wildman–Crippen LogP) is 4.48. The Morgan fingerprint density at radius 3 is 2.74 bits per heavy atom. The normalized spacial score (nSPS) is 10.7. The van der Waals surface area contributed by atoms with Crippen LogP contribution in [0.15, 0.2) is 56.1 Å². The lowest BCUT2D eigenvalue weighted by Crippen LogP contribution is -2.06. The average molecular weight is 374 g/mol. The van der Waals surface area contributed by atoms with E-state index in [4.69, 9.17) is 9.15 Å². The van der Waals surface area contributed by atoms with Crippen LogP contribution in [0.1, 0.15) is 11.1 Å². The number of hydrogen-bond acceptors (Lipinski definition) is 4. The molecule has 0 bridgehead atoms. The van der Waals surface area contributed by atoms with Crippen molar-refractivity contribution in [3.8, 4) is 5.75 Å². The van der Waals surface area contributed by atoms with Crippen LogP contribution in [-0.2, 0) is 6.54 Å². The minimum absolute atomic E-state index is 0.366. The number of fused-ring (bicyclic) bond motifs is 1. The van der Waals surface area contributed by atoms with Crippen molar-refractivity contribution >= 4 is 32.6 Å². The predicted molar refractivity (Wildman–Crippen MR) is 95.2 cm³/mol. The van der Waals surface area contributed by atoms with E-state index in [1.165, 1.54) is 6.07 Å². The van der Waals surface area contributed by atoms with E-state index in [1.807, 2.05) is 37.3 Å². The van der Waals surface area contributed by atoms with E-state index in [9.17, 15) is 4.79 Å². The molecule has 23 heavy (non-hydrogen) atoms. The van der Waals surface area contributed by atoms with Crippen molar-refractivity contribution in [3.05, 3.63) is 68.5 Å². The fraction of sp³-hybridized carbons (Fsp3) is 0.167. The number of nitrogens with one attached hydrogen (secondary N) is 1. The zero-order chi connectivity index (χ0) is 16.4. The summed E-state index contributed by atoms with van der Waals surface area (Å²) in [5, 5.41) is 4.27. The maximum Gasteiger partial charge on any atom is 0.336 e. The van der Waals surface area contributed by atoms with Crippen LogP contribution in [0.4, 0.5) is 5.69 Å². The number of ether oxygens (including phenoxy) is 1. The number of rotatable bonds is 4. The second-order valence-corrected chi connectivity index (χ2v) is 6.18. The molecule has 2 aromatic carbocycles. The van der Waals surface area contributed by atoms with Crippen LogP contribution in [0.5, 0.6) is 5.75 Å². The topological polar surface area (TPSA) is 51.5 Å². The number of methoxy groups -OCH3 is 1. The molecule has 1 aromatic heterocycles. The molecule has 0 aliphatic heterocycles. The first-order chi connectivity index (χ1) is 11.1. The highest BCUT2D eigenvalue weighted by Crippen LogP contribution is 2.24. The third-order valence-corrected chi connectivity index (χ3v) is 4.19. The molecule has 3 rings (SSSR count). The van der Waals surface area contributed by atoms with Crippen molar-refractivity contribution in [2.45, 2.75) is 13.5 Å². The quantitative estimate of drug-likeness (QED) is 0.684. The summed E-state index contributed by atoms with van der Waals surface area (Å²) in [5.74, 6) is 0.662. The first kappa shape index (κ1) is 15.6. The van der Waals surface area contributed by atoms with Gasteiger partial charge in [0.05, 0.1) is 7.11 Å². The second-order valence-electron chi connectivity index (χ2n) is 5.27. The minimum Gasteiger partial charge on any atom is -0.497 e. The lowest BCUT2D eigenvalue weighted by molar-refractivity contribution is 0.414. The van der Waals surface area contributed by atoms with E-state index in [0.717, 1.165) is 26.7 Å². The summed E-state index contributed by atoms with van der Waals surface area (Å²) < 4.78 is 11.5. The van der Waals surface area contributed by atoms with Crippen LogP contribution in [0.25, 0.3) is 11.0 Å². The molecular weight excluding hydrogens is 358 g/mol. The third kappa shape index (κ3) is 3.40. The second kappa shape index (κ2) is 6.46. The van der Waals surface area contributed by atoms with Gasteiger partial charge in [-0.05, 0) is 48.4 Å². The monoisotopic (exact) mass is 373 g/mol. The van der Waals surface area contributed by atoms with E-state index >= 15 is 0 Å². The smallest absolute Gasteiger partial charge is 0.336 e. The molecule has 0 saturated heterocycles. The summed E-state index contributed by atoms with van der Waals surface area (Å²) in [7, 11) is 1.58. The molecule has 0 unspecified atom stereocenters. The van der Waals surface area contributed by atoms with Gasteiger partial charge in [-0.15, -0.1) is 0 Å². The van der Waals surface area contributed by atoms with Crippen molar-refractivity contribution in [2.75, 3.05) is 12.4 Å². The summed E-state index contributed by atoms with van der Waals surface area (Å²) in [6.07, 6.45) is 0. The molecule has 0 aliphatic rings. The van der Waals surface area contributed by atoms with Gasteiger partial charge in [-0.3, -0.25) is 0 Å². The molecule has 5 heteroatoms. The van der Waals surface area contributed by atoms with E-state index in [2.05, 4.69) is 21.2 Å². The molecule has 0 saturated carbocycles. The number of hydrogen-bond donors (Lipinski definition) is 1. The molecule has 0 atom stereocenters. The fourth-order valence-corrected chi connectivity index (χ4v) is 2.97. The van der Waals surface area contributed by atoms with Crippen molar-refractivity contribution in [2.24, 2.45) is 0 Å². The van der Waals surface area contributed by atoms with E-state index in [-0.39, 0.29) is 5.63 Å². The highest BCUT2D eigenvalue weighted by molar-refractivity contribution is 9.10. The number of halogens is 1. The number of benzene rings is 2. The Bertz CT molecular complexity index is 918. The molecule has 4 nitrogen and oxygen atoms in total.